The first-order valence-electron chi connectivity index (χ1n) is 10.7. The molecule has 0 atom stereocenters. The van der Waals surface area contributed by atoms with E-state index in [2.05, 4.69) is 5.32 Å². The Morgan fingerprint density at radius 2 is 0.409 bits per heavy atom. The lowest BCUT2D eigenvalue weighted by atomic mass is 10.0. The van der Waals surface area contributed by atoms with Gasteiger partial charge in [-0.15, -0.1) is 0 Å². The average molecular weight is 310 g/mol. The Balaban J connectivity index is 2.00. The summed E-state index contributed by atoms with van der Waals surface area (Å²) in [5, 5.41) is 3.62. The molecule has 0 saturated carbocycles. The van der Waals surface area contributed by atoms with E-state index in [0.29, 0.717) is 0 Å². The molecule has 1 heteroatoms. The Morgan fingerprint density at radius 3 is 0.636 bits per heavy atom. The van der Waals surface area contributed by atoms with Crippen LogP contribution in [0.3, 0.4) is 0 Å². The van der Waals surface area contributed by atoms with E-state index in [4.69, 9.17) is 0 Å². The number of hydrogen-bond acceptors (Lipinski definition) is 1. The van der Waals surface area contributed by atoms with E-state index in [-0.39, 0.29) is 0 Å². The molecule has 0 spiro atoms. The summed E-state index contributed by atoms with van der Waals surface area (Å²) in [6.45, 7) is 2.50. The number of rotatable bonds is 0. The molecule has 1 N–H and O–H groups in total. The predicted octanol–water partition coefficient (Wildman–Crippen LogP) is 7.00. The van der Waals surface area contributed by atoms with Crippen molar-refractivity contribution in [3.63, 3.8) is 0 Å². The second-order valence-corrected chi connectivity index (χ2v) is 7.47. The summed E-state index contributed by atoms with van der Waals surface area (Å²) < 4.78 is 0. The maximum atomic E-state index is 3.62. The van der Waals surface area contributed by atoms with Crippen LogP contribution in [0.1, 0.15) is 122 Å². The van der Waals surface area contributed by atoms with Crippen molar-refractivity contribution in [1.82, 2.24) is 5.32 Å². The fraction of sp³-hybridized carbons (Fsp3) is 1.00. The SMILES string of the molecule is C1CCCCCCCCCCNCCCCCCCCCC1. The largest absolute Gasteiger partial charge is 0.317 e. The molecule has 22 heavy (non-hydrogen) atoms. The van der Waals surface area contributed by atoms with Gasteiger partial charge < -0.3 is 5.32 Å². The van der Waals surface area contributed by atoms with E-state index in [9.17, 15) is 0 Å². The highest BCUT2D eigenvalue weighted by Crippen LogP contribution is 2.14. The Hall–Kier alpha value is -0.0400. The summed E-state index contributed by atoms with van der Waals surface area (Å²) in [6.07, 6.45) is 27.9. The Kier molecular flexibility index (Phi) is 15.7. The van der Waals surface area contributed by atoms with Gasteiger partial charge in [-0.3, -0.25) is 0 Å². The molecule has 1 fully saturated rings. The topological polar surface area (TPSA) is 12.0 Å². The third-order valence-electron chi connectivity index (χ3n) is 5.21. The van der Waals surface area contributed by atoms with Crippen LogP contribution < -0.4 is 5.32 Å². The molecular formula is C21H43N. The lowest BCUT2D eigenvalue weighted by Crippen LogP contribution is -2.16. The molecule has 1 nitrogen and oxygen atoms in total. The van der Waals surface area contributed by atoms with Crippen molar-refractivity contribution < 1.29 is 0 Å². The summed E-state index contributed by atoms with van der Waals surface area (Å²) in [7, 11) is 0. The van der Waals surface area contributed by atoms with Crippen LogP contribution in [0.25, 0.3) is 0 Å². The monoisotopic (exact) mass is 309 g/mol. The molecule has 1 saturated heterocycles. The second kappa shape index (κ2) is 17.3. The Bertz CT molecular complexity index is 104. The molecule has 0 aliphatic carbocycles. The van der Waals surface area contributed by atoms with Gasteiger partial charge >= 0.3 is 0 Å². The van der Waals surface area contributed by atoms with Gasteiger partial charge in [0, 0.05) is 0 Å². The van der Waals surface area contributed by atoms with Crippen molar-refractivity contribution in [1.29, 1.82) is 0 Å². The van der Waals surface area contributed by atoms with Crippen molar-refractivity contribution in [2.75, 3.05) is 13.1 Å². The zero-order valence-electron chi connectivity index (χ0n) is 15.3. The maximum absolute atomic E-state index is 3.62. The van der Waals surface area contributed by atoms with Gasteiger partial charge in [0.2, 0.25) is 0 Å². The molecule has 1 heterocycles. The first-order chi connectivity index (χ1) is 11.0. The minimum Gasteiger partial charge on any atom is -0.317 e. The highest BCUT2D eigenvalue weighted by molar-refractivity contribution is 4.54. The quantitative estimate of drug-likeness (QED) is 0.508. The highest BCUT2D eigenvalue weighted by atomic mass is 14.8. The van der Waals surface area contributed by atoms with Gasteiger partial charge in [-0.05, 0) is 25.9 Å². The van der Waals surface area contributed by atoms with Crippen molar-refractivity contribution >= 4 is 0 Å². The van der Waals surface area contributed by atoms with Gasteiger partial charge in [-0.25, -0.2) is 0 Å². The van der Waals surface area contributed by atoms with Crippen molar-refractivity contribution in [3.05, 3.63) is 0 Å². The summed E-state index contributed by atoms with van der Waals surface area (Å²) in [4.78, 5) is 0. The number of nitrogens with one attached hydrogen (secondary N) is 1. The van der Waals surface area contributed by atoms with Gasteiger partial charge in [0.05, 0.1) is 0 Å². The van der Waals surface area contributed by atoms with E-state index in [1.165, 1.54) is 135 Å². The molecule has 0 unspecified atom stereocenters. The molecule has 0 radical (unpaired) electrons. The first-order valence-corrected chi connectivity index (χ1v) is 10.7. The van der Waals surface area contributed by atoms with Crippen molar-refractivity contribution in [2.24, 2.45) is 0 Å². The van der Waals surface area contributed by atoms with Crippen LogP contribution in [-0.4, -0.2) is 13.1 Å². The standard InChI is InChI=1S/C21H43N/c1-2-4-6-8-10-12-14-16-18-20-22-21-19-17-15-13-11-9-7-5-3-1/h22H,1-21H2. The fourth-order valence-electron chi connectivity index (χ4n) is 3.63. The maximum Gasteiger partial charge on any atom is -0.00489 e. The van der Waals surface area contributed by atoms with Gasteiger partial charge in [-0.1, -0.05) is 109 Å². The molecule has 1 aliphatic heterocycles. The van der Waals surface area contributed by atoms with E-state index in [1.807, 2.05) is 0 Å². The molecule has 0 aromatic carbocycles. The molecule has 0 aromatic heterocycles. The summed E-state index contributed by atoms with van der Waals surface area (Å²) in [6, 6.07) is 0. The molecule has 1 rings (SSSR count). The molecule has 0 aromatic rings. The summed E-state index contributed by atoms with van der Waals surface area (Å²) in [5.41, 5.74) is 0. The molecule has 0 bridgehead atoms. The fourth-order valence-corrected chi connectivity index (χ4v) is 3.63. The predicted molar refractivity (Wildman–Crippen MR) is 101 cm³/mol. The molecule has 1 aliphatic rings. The Morgan fingerprint density at radius 1 is 0.227 bits per heavy atom. The zero-order valence-corrected chi connectivity index (χ0v) is 15.3. The summed E-state index contributed by atoms with van der Waals surface area (Å²) in [5.74, 6) is 0. The average Bonchev–Trinajstić information content (AvgIpc) is 2.53. The highest BCUT2D eigenvalue weighted by Gasteiger charge is 1.96. The molecule has 132 valence electrons. The smallest absolute Gasteiger partial charge is 0.00489 e. The van der Waals surface area contributed by atoms with Gasteiger partial charge in [-0.2, -0.15) is 0 Å². The Labute approximate surface area is 141 Å². The van der Waals surface area contributed by atoms with Crippen LogP contribution in [0.15, 0.2) is 0 Å². The second-order valence-electron chi connectivity index (χ2n) is 7.47. The first kappa shape index (κ1) is 20.0. The van der Waals surface area contributed by atoms with Crippen LogP contribution >= 0.6 is 0 Å². The normalized spacial score (nSPS) is 24.0. The minimum atomic E-state index is 1.25. The van der Waals surface area contributed by atoms with Gasteiger partial charge in [0.25, 0.3) is 0 Å². The van der Waals surface area contributed by atoms with Crippen LogP contribution in [-0.2, 0) is 0 Å². The lowest BCUT2D eigenvalue weighted by Gasteiger charge is -2.06. The van der Waals surface area contributed by atoms with E-state index in [0.717, 1.165) is 0 Å². The molecular weight excluding hydrogens is 266 g/mol. The van der Waals surface area contributed by atoms with Gasteiger partial charge in [0.1, 0.15) is 0 Å². The summed E-state index contributed by atoms with van der Waals surface area (Å²) >= 11 is 0. The van der Waals surface area contributed by atoms with E-state index in [1.54, 1.807) is 0 Å². The molecule has 0 amide bonds. The third kappa shape index (κ3) is 14.9. The van der Waals surface area contributed by atoms with Crippen LogP contribution in [0.5, 0.6) is 0 Å². The van der Waals surface area contributed by atoms with Crippen molar-refractivity contribution in [2.45, 2.75) is 122 Å². The van der Waals surface area contributed by atoms with Crippen molar-refractivity contribution in [3.8, 4) is 0 Å². The zero-order chi connectivity index (χ0) is 15.6. The minimum absolute atomic E-state index is 1.25. The third-order valence-corrected chi connectivity index (χ3v) is 5.21. The lowest BCUT2D eigenvalue weighted by molar-refractivity contribution is 0.508. The van der Waals surface area contributed by atoms with Crippen LogP contribution in [0.4, 0.5) is 0 Å². The van der Waals surface area contributed by atoms with Crippen LogP contribution in [0.2, 0.25) is 0 Å². The van der Waals surface area contributed by atoms with Crippen LogP contribution in [0, 0.1) is 0 Å². The number of hydrogen-bond donors (Lipinski definition) is 1. The van der Waals surface area contributed by atoms with E-state index < -0.39 is 0 Å². The van der Waals surface area contributed by atoms with E-state index >= 15 is 0 Å². The van der Waals surface area contributed by atoms with Gasteiger partial charge in [0.15, 0.2) is 0 Å².